The minimum absolute atomic E-state index is 0.0301. The Morgan fingerprint density at radius 3 is 2.12 bits per heavy atom. The highest BCUT2D eigenvalue weighted by atomic mass is 16.2. The van der Waals surface area contributed by atoms with Crippen molar-refractivity contribution in [1.29, 1.82) is 0 Å². The molecule has 1 amide bonds. The van der Waals surface area contributed by atoms with Gasteiger partial charge < -0.3 is 4.90 Å². The molecule has 0 aromatic carbocycles. The van der Waals surface area contributed by atoms with Gasteiger partial charge in [-0.15, -0.1) is 0 Å². The molecule has 0 heterocycles. The molecule has 0 aliphatic heterocycles. The molecule has 0 saturated heterocycles. The van der Waals surface area contributed by atoms with Gasteiger partial charge in [0.05, 0.1) is 5.41 Å². The smallest absolute Gasteiger partial charge is 0.228 e. The van der Waals surface area contributed by atoms with Gasteiger partial charge in [-0.25, -0.2) is 0 Å². The molecular formula is C14H23NO. The first-order chi connectivity index (χ1) is 7.42. The van der Waals surface area contributed by atoms with E-state index in [-0.39, 0.29) is 5.41 Å². The van der Waals surface area contributed by atoms with Gasteiger partial charge in [-0.1, -0.05) is 6.92 Å². The summed E-state index contributed by atoms with van der Waals surface area (Å²) in [4.78, 5) is 14.3. The first-order valence-electron chi connectivity index (χ1n) is 6.64. The van der Waals surface area contributed by atoms with E-state index in [0.29, 0.717) is 11.3 Å². The van der Waals surface area contributed by atoms with Gasteiger partial charge in [0.15, 0.2) is 0 Å². The van der Waals surface area contributed by atoms with Gasteiger partial charge in [0.25, 0.3) is 0 Å². The van der Waals surface area contributed by atoms with E-state index in [0.717, 1.165) is 18.3 Å². The van der Waals surface area contributed by atoms with E-state index in [1.165, 1.54) is 32.1 Å². The molecule has 2 nitrogen and oxygen atoms in total. The van der Waals surface area contributed by atoms with E-state index in [4.69, 9.17) is 0 Å². The summed E-state index contributed by atoms with van der Waals surface area (Å²) in [5.41, 5.74) is 0.512. The lowest BCUT2D eigenvalue weighted by molar-refractivity contribution is -0.163. The highest BCUT2D eigenvalue weighted by Crippen LogP contribution is 2.65. The molecule has 0 N–H and O–H groups in total. The summed E-state index contributed by atoms with van der Waals surface area (Å²) in [6, 6.07) is 0. The monoisotopic (exact) mass is 221 g/mol. The van der Waals surface area contributed by atoms with Crippen LogP contribution in [0.3, 0.4) is 0 Å². The number of carbonyl (C=O) groups is 1. The standard InChI is InChI=1S/C14H23NO/c1-13-5-10-4-11(6-13)8-14(7-10,9-13)12(16)15(2)3/h10-11H,4-9H2,1-3H3. The number of hydrogen-bond acceptors (Lipinski definition) is 1. The molecule has 4 bridgehead atoms. The zero-order valence-corrected chi connectivity index (χ0v) is 10.8. The minimum Gasteiger partial charge on any atom is -0.348 e. The summed E-state index contributed by atoms with van der Waals surface area (Å²) in [5.74, 6) is 2.10. The van der Waals surface area contributed by atoms with Crippen molar-refractivity contribution in [1.82, 2.24) is 4.90 Å². The Bertz CT molecular complexity index is 320. The van der Waals surface area contributed by atoms with Crippen molar-refractivity contribution in [2.24, 2.45) is 22.7 Å². The Morgan fingerprint density at radius 2 is 1.69 bits per heavy atom. The fourth-order valence-corrected chi connectivity index (χ4v) is 5.44. The maximum Gasteiger partial charge on any atom is 0.228 e. The van der Waals surface area contributed by atoms with Gasteiger partial charge in [-0.3, -0.25) is 4.79 Å². The number of hydrogen-bond donors (Lipinski definition) is 0. The lowest BCUT2D eigenvalue weighted by Crippen LogP contribution is -2.56. The molecule has 16 heavy (non-hydrogen) atoms. The molecule has 0 radical (unpaired) electrons. The summed E-state index contributed by atoms with van der Waals surface area (Å²) in [6.45, 7) is 2.42. The van der Waals surface area contributed by atoms with Crippen molar-refractivity contribution in [2.75, 3.05) is 14.1 Å². The van der Waals surface area contributed by atoms with Crippen LogP contribution < -0.4 is 0 Å². The lowest BCUT2D eigenvalue weighted by atomic mass is 9.44. The second-order valence-electron chi connectivity index (χ2n) is 7.25. The van der Waals surface area contributed by atoms with Gasteiger partial charge >= 0.3 is 0 Å². The highest BCUT2D eigenvalue weighted by Gasteiger charge is 2.59. The van der Waals surface area contributed by atoms with Crippen molar-refractivity contribution in [2.45, 2.75) is 45.4 Å². The summed E-state index contributed by atoms with van der Waals surface area (Å²) < 4.78 is 0. The quantitative estimate of drug-likeness (QED) is 0.666. The average molecular weight is 221 g/mol. The largest absolute Gasteiger partial charge is 0.348 e. The van der Waals surface area contributed by atoms with Gasteiger partial charge in [-0.05, 0) is 55.8 Å². The van der Waals surface area contributed by atoms with Gasteiger partial charge in [0, 0.05) is 14.1 Å². The molecule has 4 rings (SSSR count). The topological polar surface area (TPSA) is 20.3 Å². The third-order valence-corrected chi connectivity index (χ3v) is 5.21. The average Bonchev–Trinajstić information content (AvgIpc) is 2.12. The SMILES string of the molecule is CN(C)C(=O)C12CC3CC(CC(C)(C3)C1)C2. The minimum atomic E-state index is 0.0301. The third-order valence-electron chi connectivity index (χ3n) is 5.21. The molecule has 4 saturated carbocycles. The van der Waals surface area contributed by atoms with E-state index in [1.807, 2.05) is 19.0 Å². The van der Waals surface area contributed by atoms with Crippen LogP contribution in [0.1, 0.15) is 45.4 Å². The predicted molar refractivity (Wildman–Crippen MR) is 63.9 cm³/mol. The summed E-state index contributed by atoms with van der Waals surface area (Å²) in [6.07, 6.45) is 7.67. The second kappa shape index (κ2) is 3.02. The van der Waals surface area contributed by atoms with Crippen molar-refractivity contribution < 1.29 is 4.79 Å². The first kappa shape index (κ1) is 10.6. The zero-order chi connectivity index (χ0) is 11.6. The molecular weight excluding hydrogens is 198 g/mol. The lowest BCUT2D eigenvalue weighted by Gasteiger charge is -2.60. The van der Waals surface area contributed by atoms with Crippen LogP contribution in [0.25, 0.3) is 0 Å². The van der Waals surface area contributed by atoms with Crippen molar-refractivity contribution in [3.05, 3.63) is 0 Å². The van der Waals surface area contributed by atoms with Crippen LogP contribution in [0, 0.1) is 22.7 Å². The fourth-order valence-electron chi connectivity index (χ4n) is 5.44. The number of nitrogens with zero attached hydrogens (tertiary/aromatic N) is 1. The van der Waals surface area contributed by atoms with E-state index in [1.54, 1.807) is 0 Å². The van der Waals surface area contributed by atoms with Crippen LogP contribution in [-0.4, -0.2) is 24.9 Å². The molecule has 2 unspecified atom stereocenters. The van der Waals surface area contributed by atoms with Crippen molar-refractivity contribution in [3.63, 3.8) is 0 Å². The van der Waals surface area contributed by atoms with Crippen LogP contribution in [0.2, 0.25) is 0 Å². The zero-order valence-electron chi connectivity index (χ0n) is 10.8. The van der Waals surface area contributed by atoms with E-state index in [9.17, 15) is 4.79 Å². The Morgan fingerprint density at radius 1 is 1.12 bits per heavy atom. The second-order valence-corrected chi connectivity index (χ2v) is 7.25. The molecule has 0 spiro atoms. The summed E-state index contributed by atoms with van der Waals surface area (Å²) in [5, 5.41) is 0. The molecule has 0 aromatic rings. The Kier molecular flexibility index (Phi) is 2.01. The fraction of sp³-hybridized carbons (Fsp3) is 0.929. The Hall–Kier alpha value is -0.530. The van der Waals surface area contributed by atoms with Crippen molar-refractivity contribution >= 4 is 5.91 Å². The molecule has 4 aliphatic carbocycles. The van der Waals surface area contributed by atoms with Gasteiger partial charge in [0.2, 0.25) is 5.91 Å². The van der Waals surface area contributed by atoms with Crippen LogP contribution in [-0.2, 0) is 4.79 Å². The molecule has 2 heteroatoms. The molecule has 0 aromatic heterocycles. The third kappa shape index (κ3) is 1.34. The number of rotatable bonds is 1. The van der Waals surface area contributed by atoms with Gasteiger partial charge in [-0.2, -0.15) is 0 Å². The van der Waals surface area contributed by atoms with Crippen LogP contribution in [0.5, 0.6) is 0 Å². The van der Waals surface area contributed by atoms with E-state index >= 15 is 0 Å². The van der Waals surface area contributed by atoms with E-state index < -0.39 is 0 Å². The van der Waals surface area contributed by atoms with Crippen LogP contribution in [0.15, 0.2) is 0 Å². The molecule has 2 atom stereocenters. The summed E-state index contributed by atoms with van der Waals surface area (Å²) in [7, 11) is 3.84. The number of amides is 1. The van der Waals surface area contributed by atoms with Crippen molar-refractivity contribution in [3.8, 4) is 0 Å². The first-order valence-corrected chi connectivity index (χ1v) is 6.64. The maximum atomic E-state index is 12.5. The predicted octanol–water partition coefficient (Wildman–Crippen LogP) is 2.68. The number of carbonyl (C=O) groups excluding carboxylic acids is 1. The van der Waals surface area contributed by atoms with Gasteiger partial charge in [0.1, 0.15) is 0 Å². The van der Waals surface area contributed by atoms with E-state index in [2.05, 4.69) is 6.92 Å². The Labute approximate surface area is 98.4 Å². The molecule has 4 fully saturated rings. The maximum absolute atomic E-state index is 12.5. The molecule has 90 valence electrons. The summed E-state index contributed by atoms with van der Waals surface area (Å²) >= 11 is 0. The molecule has 4 aliphatic rings. The normalized spacial score (nSPS) is 49.4. The van der Waals surface area contributed by atoms with Crippen LogP contribution >= 0.6 is 0 Å². The van der Waals surface area contributed by atoms with Crippen LogP contribution in [0.4, 0.5) is 0 Å². The Balaban J connectivity index is 1.95. The highest BCUT2D eigenvalue weighted by molar-refractivity contribution is 5.83.